The van der Waals surface area contributed by atoms with Crippen LogP contribution in [0.1, 0.15) is 0 Å². The van der Waals surface area contributed by atoms with Gasteiger partial charge in [-0.15, -0.1) is 0 Å². The number of hydrogen-bond acceptors (Lipinski definition) is 2. The van der Waals surface area contributed by atoms with Gasteiger partial charge in [-0.25, -0.2) is 4.98 Å². The molecule has 0 unspecified atom stereocenters. The lowest BCUT2D eigenvalue weighted by Gasteiger charge is -1.93. The van der Waals surface area contributed by atoms with E-state index in [1.54, 1.807) is 17.9 Å². The number of pyridine rings is 1. The van der Waals surface area contributed by atoms with E-state index < -0.39 is 0 Å². The summed E-state index contributed by atoms with van der Waals surface area (Å²) < 4.78 is 1.71. The summed E-state index contributed by atoms with van der Waals surface area (Å²) in [6.45, 7) is 0. The predicted octanol–water partition coefficient (Wildman–Crippen LogP) is 0.915. The zero-order valence-corrected chi connectivity index (χ0v) is 7.09. The Morgan fingerprint density at radius 2 is 2.42 bits per heavy atom. The number of aryl methyl sites for hydroxylation is 1. The molecule has 0 atom stereocenters. The third kappa shape index (κ3) is 0.921. The number of halogens is 1. The van der Waals surface area contributed by atoms with Gasteiger partial charge in [-0.1, -0.05) is 11.6 Å². The maximum Gasteiger partial charge on any atom is 0.251 e. The van der Waals surface area contributed by atoms with Crippen molar-refractivity contribution in [3.05, 3.63) is 27.8 Å². The van der Waals surface area contributed by atoms with Gasteiger partial charge in [0.15, 0.2) is 0 Å². The number of nitrogens with zero attached hydrogens (tertiary/aromatic N) is 2. The van der Waals surface area contributed by atoms with Crippen LogP contribution < -0.4 is 5.56 Å². The summed E-state index contributed by atoms with van der Waals surface area (Å²) in [4.78, 5) is 17.6. The molecule has 0 saturated carbocycles. The van der Waals surface area contributed by atoms with Gasteiger partial charge in [0.25, 0.3) is 5.56 Å². The van der Waals surface area contributed by atoms with Crippen molar-refractivity contribution < 1.29 is 0 Å². The first-order valence-electron chi connectivity index (χ1n) is 3.38. The van der Waals surface area contributed by atoms with E-state index in [1.165, 1.54) is 6.07 Å². The first kappa shape index (κ1) is 7.36. The lowest BCUT2D eigenvalue weighted by atomic mass is 10.4. The Morgan fingerprint density at radius 1 is 1.67 bits per heavy atom. The molecule has 0 fully saturated rings. The average Bonchev–Trinajstić information content (AvgIpc) is 2.33. The summed E-state index contributed by atoms with van der Waals surface area (Å²) in [7, 11) is 1.79. The van der Waals surface area contributed by atoms with Gasteiger partial charge < -0.3 is 9.55 Å². The predicted molar refractivity (Wildman–Crippen MR) is 46.3 cm³/mol. The lowest BCUT2D eigenvalue weighted by Crippen LogP contribution is -2.05. The monoisotopic (exact) mass is 183 g/mol. The third-order valence-electron chi connectivity index (χ3n) is 1.66. The van der Waals surface area contributed by atoms with Crippen molar-refractivity contribution in [1.29, 1.82) is 0 Å². The quantitative estimate of drug-likeness (QED) is 0.660. The highest BCUT2D eigenvalue weighted by Gasteiger charge is 2.04. The first-order chi connectivity index (χ1) is 5.68. The summed E-state index contributed by atoms with van der Waals surface area (Å²) in [6.07, 6.45) is 1.60. The molecule has 0 amide bonds. The van der Waals surface area contributed by atoms with Crippen LogP contribution in [0.4, 0.5) is 0 Å². The van der Waals surface area contributed by atoms with Crippen molar-refractivity contribution >= 4 is 22.8 Å². The number of aromatic nitrogens is 3. The molecule has 0 aromatic carbocycles. The van der Waals surface area contributed by atoms with E-state index in [1.807, 2.05) is 0 Å². The van der Waals surface area contributed by atoms with Crippen LogP contribution in [0.15, 0.2) is 17.2 Å². The fourth-order valence-electron chi connectivity index (χ4n) is 1.09. The molecule has 2 heterocycles. The number of H-pyrrole nitrogens is 1. The standard InChI is InChI=1S/C7H6ClN3O/c1-11-3-9-6-4(8)2-5(12)10-7(6)11/h2-3H,1H3,(H,10,12). The maximum absolute atomic E-state index is 11.0. The number of imidazole rings is 1. The topological polar surface area (TPSA) is 50.7 Å². The van der Waals surface area contributed by atoms with Gasteiger partial charge in [-0.05, 0) is 0 Å². The Kier molecular flexibility index (Phi) is 1.44. The Morgan fingerprint density at radius 3 is 3.17 bits per heavy atom. The van der Waals surface area contributed by atoms with E-state index in [-0.39, 0.29) is 5.56 Å². The van der Waals surface area contributed by atoms with Gasteiger partial charge in [0.2, 0.25) is 0 Å². The molecule has 12 heavy (non-hydrogen) atoms. The Hall–Kier alpha value is -1.29. The summed E-state index contributed by atoms with van der Waals surface area (Å²) in [5, 5.41) is 0.384. The molecule has 0 radical (unpaired) electrons. The molecule has 0 saturated heterocycles. The van der Waals surface area contributed by atoms with Crippen molar-refractivity contribution in [2.24, 2.45) is 7.05 Å². The minimum atomic E-state index is -0.212. The maximum atomic E-state index is 11.0. The Labute approximate surface area is 72.8 Å². The fourth-order valence-corrected chi connectivity index (χ4v) is 1.33. The minimum absolute atomic E-state index is 0.212. The second-order valence-corrected chi connectivity index (χ2v) is 2.94. The molecule has 0 spiro atoms. The van der Waals surface area contributed by atoms with E-state index >= 15 is 0 Å². The summed E-state index contributed by atoms with van der Waals surface area (Å²) in [6, 6.07) is 1.32. The molecular formula is C7H6ClN3O. The van der Waals surface area contributed by atoms with E-state index in [4.69, 9.17) is 11.6 Å². The van der Waals surface area contributed by atoms with E-state index in [0.717, 1.165) is 0 Å². The number of hydrogen-bond donors (Lipinski definition) is 1. The summed E-state index contributed by atoms with van der Waals surface area (Å²) in [5.41, 5.74) is 1.06. The van der Waals surface area contributed by atoms with Crippen LogP contribution in [0.3, 0.4) is 0 Å². The second kappa shape index (κ2) is 2.35. The van der Waals surface area contributed by atoms with Crippen molar-refractivity contribution in [2.45, 2.75) is 0 Å². The van der Waals surface area contributed by atoms with E-state index in [9.17, 15) is 4.79 Å². The number of fused-ring (bicyclic) bond motifs is 1. The van der Waals surface area contributed by atoms with Crippen LogP contribution >= 0.6 is 11.6 Å². The van der Waals surface area contributed by atoms with Gasteiger partial charge in [0.1, 0.15) is 11.2 Å². The molecule has 0 bridgehead atoms. The lowest BCUT2D eigenvalue weighted by molar-refractivity contribution is 0.927. The molecule has 4 nitrogen and oxygen atoms in total. The molecule has 0 aliphatic heterocycles. The molecule has 62 valence electrons. The molecule has 2 aromatic rings. The Bertz CT molecular complexity index is 485. The SMILES string of the molecule is Cn1cnc2c(Cl)cc(=O)[nH]c21. The van der Waals surface area contributed by atoms with Gasteiger partial charge in [-0.2, -0.15) is 0 Å². The molecule has 5 heteroatoms. The van der Waals surface area contributed by atoms with E-state index in [0.29, 0.717) is 16.2 Å². The number of nitrogens with one attached hydrogen (secondary N) is 1. The molecule has 2 aromatic heterocycles. The minimum Gasteiger partial charge on any atom is -0.320 e. The second-order valence-electron chi connectivity index (χ2n) is 2.53. The number of aromatic amines is 1. The van der Waals surface area contributed by atoms with Crippen LogP contribution in [0.5, 0.6) is 0 Å². The first-order valence-corrected chi connectivity index (χ1v) is 3.76. The Balaban J connectivity index is 3.02. The van der Waals surface area contributed by atoms with Crippen LogP contribution in [-0.4, -0.2) is 14.5 Å². The third-order valence-corrected chi connectivity index (χ3v) is 1.95. The highest BCUT2D eigenvalue weighted by molar-refractivity contribution is 6.34. The highest BCUT2D eigenvalue weighted by atomic mass is 35.5. The number of rotatable bonds is 0. The smallest absolute Gasteiger partial charge is 0.251 e. The van der Waals surface area contributed by atoms with Gasteiger partial charge in [0, 0.05) is 13.1 Å². The molecular weight excluding hydrogens is 178 g/mol. The van der Waals surface area contributed by atoms with Crippen molar-refractivity contribution in [3.8, 4) is 0 Å². The van der Waals surface area contributed by atoms with Gasteiger partial charge in [0.05, 0.1) is 11.3 Å². The fraction of sp³-hybridized carbons (Fsp3) is 0.143. The average molecular weight is 184 g/mol. The van der Waals surface area contributed by atoms with Crippen LogP contribution in [0.2, 0.25) is 5.02 Å². The van der Waals surface area contributed by atoms with Crippen molar-refractivity contribution in [3.63, 3.8) is 0 Å². The largest absolute Gasteiger partial charge is 0.320 e. The summed E-state index contributed by atoms with van der Waals surface area (Å²) >= 11 is 5.78. The molecule has 0 aliphatic rings. The van der Waals surface area contributed by atoms with Crippen LogP contribution in [-0.2, 0) is 7.05 Å². The van der Waals surface area contributed by atoms with Crippen LogP contribution in [0, 0.1) is 0 Å². The van der Waals surface area contributed by atoms with Gasteiger partial charge >= 0.3 is 0 Å². The molecule has 2 rings (SSSR count). The normalized spacial score (nSPS) is 10.8. The summed E-state index contributed by atoms with van der Waals surface area (Å²) in [5.74, 6) is 0. The van der Waals surface area contributed by atoms with Gasteiger partial charge in [-0.3, -0.25) is 4.79 Å². The van der Waals surface area contributed by atoms with Crippen molar-refractivity contribution in [2.75, 3.05) is 0 Å². The van der Waals surface area contributed by atoms with Crippen molar-refractivity contribution in [1.82, 2.24) is 14.5 Å². The van der Waals surface area contributed by atoms with E-state index in [2.05, 4.69) is 9.97 Å². The molecule has 0 aliphatic carbocycles. The zero-order valence-electron chi connectivity index (χ0n) is 6.34. The molecule has 1 N–H and O–H groups in total. The van der Waals surface area contributed by atoms with Crippen LogP contribution in [0.25, 0.3) is 11.2 Å². The zero-order chi connectivity index (χ0) is 8.72. The highest BCUT2D eigenvalue weighted by Crippen LogP contribution is 2.16.